The largest absolute Gasteiger partial charge is 0.408 e. The minimum Gasteiger partial charge on any atom is -0.390 e. The van der Waals surface area contributed by atoms with Gasteiger partial charge in [0.15, 0.2) is 0 Å². The fourth-order valence-corrected chi connectivity index (χ4v) is 4.94. The Hall–Kier alpha value is -3.32. The summed E-state index contributed by atoms with van der Waals surface area (Å²) >= 11 is 0. The number of anilines is 1. The summed E-state index contributed by atoms with van der Waals surface area (Å²) in [7, 11) is 0. The molecule has 3 aromatic rings. The van der Waals surface area contributed by atoms with Crippen molar-refractivity contribution in [2.24, 2.45) is 0 Å². The number of hydrogen-bond acceptors (Lipinski definition) is 7. The highest BCUT2D eigenvalue weighted by molar-refractivity contribution is 6.07. The highest BCUT2D eigenvalue weighted by Crippen LogP contribution is 2.35. The molecule has 0 saturated carbocycles. The summed E-state index contributed by atoms with van der Waals surface area (Å²) in [5, 5.41) is 12.9. The fraction of sp³-hybridized carbons (Fsp3) is 0.538. The van der Waals surface area contributed by atoms with Crippen molar-refractivity contribution < 1.29 is 32.2 Å². The number of fused-ring (bicyclic) bond motifs is 1. The molecule has 2 aliphatic heterocycles. The molecule has 2 aliphatic rings. The van der Waals surface area contributed by atoms with Gasteiger partial charge in [-0.3, -0.25) is 9.78 Å². The van der Waals surface area contributed by atoms with Crippen LogP contribution in [0.25, 0.3) is 10.9 Å². The van der Waals surface area contributed by atoms with E-state index in [0.717, 1.165) is 11.5 Å². The molecule has 0 bridgehead atoms. The van der Waals surface area contributed by atoms with Crippen LogP contribution in [0.4, 0.5) is 23.5 Å². The number of nitrogens with zero attached hydrogens (tertiary/aromatic N) is 5. The number of carbonyl (C=O) groups excluding carboxylic acids is 1. The molecule has 3 atom stereocenters. The molecule has 5 heterocycles. The molecule has 210 valence electrons. The Balaban J connectivity index is 1.43. The number of rotatable bonds is 6. The summed E-state index contributed by atoms with van der Waals surface area (Å²) in [6, 6.07) is 1.22. The summed E-state index contributed by atoms with van der Waals surface area (Å²) in [6.07, 6.45) is -1.04. The van der Waals surface area contributed by atoms with Crippen molar-refractivity contribution in [3.05, 3.63) is 47.7 Å². The quantitative estimate of drug-likeness (QED) is 0.454. The molecule has 0 aromatic carbocycles. The highest BCUT2D eigenvalue weighted by Gasteiger charge is 2.38. The van der Waals surface area contributed by atoms with E-state index in [2.05, 4.69) is 20.3 Å². The van der Waals surface area contributed by atoms with Crippen molar-refractivity contribution in [2.45, 2.75) is 63.1 Å². The second-order valence-corrected chi connectivity index (χ2v) is 10.1. The maximum Gasteiger partial charge on any atom is 0.408 e. The predicted molar refractivity (Wildman–Crippen MR) is 134 cm³/mol. The Morgan fingerprint density at radius 2 is 2.00 bits per heavy atom. The van der Waals surface area contributed by atoms with Crippen LogP contribution in [0, 0.1) is 0 Å². The molecule has 0 aliphatic carbocycles. The molecule has 1 amide bonds. The van der Waals surface area contributed by atoms with Gasteiger partial charge in [0.25, 0.3) is 5.91 Å². The smallest absolute Gasteiger partial charge is 0.390 e. The molecule has 0 spiro atoms. The Kier molecular flexibility index (Phi) is 7.72. The first-order valence-electron chi connectivity index (χ1n) is 12.9. The van der Waals surface area contributed by atoms with Gasteiger partial charge in [0.2, 0.25) is 5.95 Å². The third-order valence-corrected chi connectivity index (χ3v) is 7.32. The van der Waals surface area contributed by atoms with Crippen LogP contribution in [0.15, 0.2) is 30.7 Å². The Labute approximate surface area is 222 Å². The number of amides is 1. The third-order valence-electron chi connectivity index (χ3n) is 7.32. The third kappa shape index (κ3) is 5.98. The molecule has 5 rings (SSSR count). The van der Waals surface area contributed by atoms with E-state index < -0.39 is 30.4 Å². The average Bonchev–Trinajstić information content (AvgIpc) is 3.29. The predicted octanol–water partition coefficient (Wildman–Crippen LogP) is 3.36. The molecule has 13 heteroatoms. The zero-order valence-electron chi connectivity index (χ0n) is 21.4. The Morgan fingerprint density at radius 1 is 1.23 bits per heavy atom. The number of aliphatic hydroxyl groups excluding tert-OH is 1. The standard InChI is InChI=1S/C26H30F4N6O3/c1-15(26(28,29)30)36-13-20(24(38)33-16-4-8-39-9-5-16)19-12-32-18(11-22(19)36)10-17-2-6-31-25(34-17)35-7-3-23(37)21(27)14-35/h2,6,11-13,15-16,21,23,37H,3-5,7-10,14H2,1H3,(H,33,38)/t15-,21+,23-/m1/s1. The average molecular weight is 551 g/mol. The summed E-state index contributed by atoms with van der Waals surface area (Å²) in [4.78, 5) is 27.9. The van der Waals surface area contributed by atoms with Gasteiger partial charge in [-0.05, 0) is 38.3 Å². The molecule has 9 nitrogen and oxygen atoms in total. The van der Waals surface area contributed by atoms with Gasteiger partial charge in [0.1, 0.15) is 12.2 Å². The lowest BCUT2D eigenvalue weighted by Gasteiger charge is -2.32. The van der Waals surface area contributed by atoms with E-state index in [1.165, 1.54) is 18.6 Å². The molecule has 39 heavy (non-hydrogen) atoms. The van der Waals surface area contributed by atoms with Gasteiger partial charge in [-0.25, -0.2) is 14.4 Å². The number of alkyl halides is 4. The first-order valence-corrected chi connectivity index (χ1v) is 12.9. The number of nitrogens with one attached hydrogen (secondary N) is 1. The van der Waals surface area contributed by atoms with E-state index in [-0.39, 0.29) is 36.5 Å². The molecule has 2 N–H and O–H groups in total. The van der Waals surface area contributed by atoms with Gasteiger partial charge < -0.3 is 24.6 Å². The van der Waals surface area contributed by atoms with Crippen molar-refractivity contribution in [3.8, 4) is 0 Å². The van der Waals surface area contributed by atoms with Gasteiger partial charge in [-0.2, -0.15) is 13.2 Å². The Morgan fingerprint density at radius 3 is 2.72 bits per heavy atom. The normalized spacial score (nSPS) is 21.7. The molecule has 2 saturated heterocycles. The number of hydrogen-bond donors (Lipinski definition) is 2. The van der Waals surface area contributed by atoms with Crippen LogP contribution in [-0.4, -0.2) is 81.3 Å². The van der Waals surface area contributed by atoms with Crippen LogP contribution in [0.1, 0.15) is 54.0 Å². The summed E-state index contributed by atoms with van der Waals surface area (Å²) in [5.41, 5.74) is 1.37. The highest BCUT2D eigenvalue weighted by atomic mass is 19.4. The number of ether oxygens (including phenoxy) is 1. The molecule has 2 fully saturated rings. The number of pyridine rings is 1. The van der Waals surface area contributed by atoms with Gasteiger partial charge >= 0.3 is 6.18 Å². The molecular formula is C26H30F4N6O3. The lowest BCUT2D eigenvalue weighted by molar-refractivity contribution is -0.162. The first-order chi connectivity index (χ1) is 18.6. The van der Waals surface area contributed by atoms with Gasteiger partial charge in [0, 0.05) is 61.9 Å². The van der Waals surface area contributed by atoms with Crippen LogP contribution in [0.5, 0.6) is 0 Å². The molecule has 0 radical (unpaired) electrons. The van der Waals surface area contributed by atoms with Crippen molar-refractivity contribution in [2.75, 3.05) is 31.2 Å². The van der Waals surface area contributed by atoms with Gasteiger partial charge in [-0.15, -0.1) is 0 Å². The van der Waals surface area contributed by atoms with Gasteiger partial charge in [0.05, 0.1) is 29.4 Å². The maximum absolute atomic E-state index is 14.0. The van der Waals surface area contributed by atoms with Crippen molar-refractivity contribution >= 4 is 22.8 Å². The van der Waals surface area contributed by atoms with E-state index in [1.54, 1.807) is 17.0 Å². The van der Waals surface area contributed by atoms with Crippen molar-refractivity contribution in [1.82, 2.24) is 24.8 Å². The van der Waals surface area contributed by atoms with E-state index in [1.807, 2.05) is 0 Å². The number of piperidine rings is 1. The van der Waals surface area contributed by atoms with Crippen LogP contribution >= 0.6 is 0 Å². The van der Waals surface area contributed by atoms with Crippen molar-refractivity contribution in [1.29, 1.82) is 0 Å². The van der Waals surface area contributed by atoms with Gasteiger partial charge in [-0.1, -0.05) is 0 Å². The van der Waals surface area contributed by atoms with E-state index >= 15 is 0 Å². The van der Waals surface area contributed by atoms with E-state index in [9.17, 15) is 27.5 Å². The fourth-order valence-electron chi connectivity index (χ4n) is 4.94. The zero-order chi connectivity index (χ0) is 27.7. The molecular weight excluding hydrogens is 520 g/mol. The number of aromatic nitrogens is 4. The lowest BCUT2D eigenvalue weighted by atomic mass is 10.1. The maximum atomic E-state index is 14.0. The lowest BCUT2D eigenvalue weighted by Crippen LogP contribution is -2.45. The van der Waals surface area contributed by atoms with Crippen LogP contribution < -0.4 is 10.2 Å². The van der Waals surface area contributed by atoms with Crippen molar-refractivity contribution in [3.63, 3.8) is 0 Å². The second kappa shape index (κ2) is 11.0. The number of halogens is 4. The van der Waals surface area contributed by atoms with Crippen LogP contribution in [-0.2, 0) is 11.2 Å². The van der Waals surface area contributed by atoms with Crippen LogP contribution in [0.2, 0.25) is 0 Å². The first kappa shape index (κ1) is 27.3. The topological polar surface area (TPSA) is 105 Å². The van der Waals surface area contributed by atoms with E-state index in [4.69, 9.17) is 4.74 Å². The minimum absolute atomic E-state index is 0.0314. The summed E-state index contributed by atoms with van der Waals surface area (Å²) in [5.74, 6) is -0.142. The summed E-state index contributed by atoms with van der Waals surface area (Å²) in [6.45, 7) is 2.44. The zero-order valence-corrected chi connectivity index (χ0v) is 21.4. The SMILES string of the molecule is C[C@@H](n1cc(C(=O)NC2CCOCC2)c2cnc(Cc3ccnc(N4CC[C@@H](O)[C@@H](F)C4)n3)cc21)C(F)(F)F. The minimum atomic E-state index is -4.53. The second-order valence-electron chi connectivity index (χ2n) is 10.1. The van der Waals surface area contributed by atoms with E-state index in [0.29, 0.717) is 55.3 Å². The number of aliphatic hydroxyl groups is 1. The number of carbonyl (C=O) groups is 1. The summed E-state index contributed by atoms with van der Waals surface area (Å²) < 4.78 is 61.6. The van der Waals surface area contributed by atoms with Crippen LogP contribution in [0.3, 0.4) is 0 Å². The molecule has 0 unspecified atom stereocenters. The Bertz CT molecular complexity index is 1330. The molecule has 3 aromatic heterocycles. The monoisotopic (exact) mass is 550 g/mol.